The van der Waals surface area contributed by atoms with Crippen molar-refractivity contribution in [2.24, 2.45) is 11.7 Å². The summed E-state index contributed by atoms with van der Waals surface area (Å²) in [6, 6.07) is -0.107. The van der Waals surface area contributed by atoms with Crippen molar-refractivity contribution in [3.8, 4) is 0 Å². The molecule has 1 aliphatic heterocycles. The summed E-state index contributed by atoms with van der Waals surface area (Å²) in [5.74, 6) is 0.0468. The van der Waals surface area contributed by atoms with E-state index in [9.17, 15) is 9.59 Å². The monoisotopic (exact) mass is 236 g/mol. The molecule has 1 fully saturated rings. The van der Waals surface area contributed by atoms with Crippen LogP contribution in [0, 0.1) is 5.92 Å². The molecule has 4 heteroatoms. The molecule has 4 nitrogen and oxygen atoms in total. The highest BCUT2D eigenvalue weighted by Gasteiger charge is 2.37. The zero-order valence-corrected chi connectivity index (χ0v) is 10.3. The van der Waals surface area contributed by atoms with Crippen molar-refractivity contribution in [1.29, 1.82) is 0 Å². The van der Waals surface area contributed by atoms with Crippen LogP contribution < -0.4 is 5.73 Å². The predicted molar refractivity (Wildman–Crippen MR) is 65.0 cm³/mol. The first kappa shape index (κ1) is 12.3. The Bertz CT molecular complexity index is 356. The third-order valence-corrected chi connectivity index (χ3v) is 3.90. The molecule has 1 heterocycles. The maximum Gasteiger partial charge on any atom is 0.256 e. The van der Waals surface area contributed by atoms with Gasteiger partial charge in [0.2, 0.25) is 0 Å². The molecule has 0 saturated heterocycles. The van der Waals surface area contributed by atoms with E-state index in [1.165, 1.54) is 30.2 Å². The van der Waals surface area contributed by atoms with E-state index in [0.29, 0.717) is 18.0 Å². The van der Waals surface area contributed by atoms with Gasteiger partial charge in [-0.2, -0.15) is 0 Å². The third kappa shape index (κ3) is 2.27. The molecule has 17 heavy (non-hydrogen) atoms. The number of rotatable bonds is 3. The lowest BCUT2D eigenvalue weighted by molar-refractivity contribution is -0.141. The summed E-state index contributed by atoms with van der Waals surface area (Å²) in [4.78, 5) is 25.1. The predicted octanol–water partition coefficient (Wildman–Crippen LogP) is 1.21. The van der Waals surface area contributed by atoms with Crippen LogP contribution in [0.5, 0.6) is 0 Å². The van der Waals surface area contributed by atoms with Crippen molar-refractivity contribution < 1.29 is 9.59 Å². The molecule has 1 aliphatic carbocycles. The summed E-state index contributed by atoms with van der Waals surface area (Å²) in [7, 11) is 0. The van der Waals surface area contributed by atoms with E-state index in [4.69, 9.17) is 5.73 Å². The third-order valence-electron chi connectivity index (χ3n) is 3.90. The molecule has 0 aromatic rings. The number of nitrogens with zero attached hydrogens (tertiary/aromatic N) is 1. The second kappa shape index (κ2) is 5.00. The molecular weight excluding hydrogens is 216 g/mol. The van der Waals surface area contributed by atoms with Crippen LogP contribution >= 0.6 is 0 Å². The van der Waals surface area contributed by atoms with E-state index < -0.39 is 0 Å². The zero-order chi connectivity index (χ0) is 12.4. The molecule has 1 atom stereocenters. The normalized spacial score (nSPS) is 24.1. The van der Waals surface area contributed by atoms with Gasteiger partial charge >= 0.3 is 0 Å². The van der Waals surface area contributed by atoms with Crippen molar-refractivity contribution in [2.45, 2.75) is 45.1 Å². The van der Waals surface area contributed by atoms with Gasteiger partial charge in [-0.25, -0.2) is 0 Å². The maximum absolute atomic E-state index is 11.9. The molecule has 2 N–H and O–H groups in total. The summed E-state index contributed by atoms with van der Waals surface area (Å²) in [5.41, 5.74) is 6.32. The number of carbonyl (C=O) groups excluding carboxylic acids is 2. The quantitative estimate of drug-likeness (QED) is 0.749. The molecule has 2 aliphatic rings. The van der Waals surface area contributed by atoms with Crippen molar-refractivity contribution in [3.63, 3.8) is 0 Å². The lowest BCUT2D eigenvalue weighted by Gasteiger charge is -2.34. The highest BCUT2D eigenvalue weighted by Crippen LogP contribution is 2.30. The molecule has 1 saturated carbocycles. The fraction of sp³-hybridized carbons (Fsp3) is 0.692. The molecule has 0 radical (unpaired) electrons. The first-order chi connectivity index (χ1) is 8.15. The average molecular weight is 236 g/mol. The molecule has 2 amide bonds. The highest BCUT2D eigenvalue weighted by molar-refractivity contribution is 6.16. The second-order valence-corrected chi connectivity index (χ2v) is 5.04. The second-order valence-electron chi connectivity index (χ2n) is 5.04. The van der Waals surface area contributed by atoms with Crippen molar-refractivity contribution in [3.05, 3.63) is 11.6 Å². The van der Waals surface area contributed by atoms with Gasteiger partial charge in [-0.15, -0.1) is 0 Å². The molecule has 0 spiro atoms. The van der Waals surface area contributed by atoms with E-state index in [1.54, 1.807) is 6.92 Å². The summed E-state index contributed by atoms with van der Waals surface area (Å²) < 4.78 is 0. The molecule has 0 aromatic carbocycles. The van der Waals surface area contributed by atoms with Crippen molar-refractivity contribution in [1.82, 2.24) is 4.90 Å². The Morgan fingerprint density at radius 3 is 2.47 bits per heavy atom. The SMILES string of the molecule is CC1=CC(=O)N(C(CN)C2CCCCC2)C1=O. The van der Waals surface area contributed by atoms with Gasteiger partial charge < -0.3 is 5.73 Å². The first-order valence-corrected chi connectivity index (χ1v) is 6.41. The lowest BCUT2D eigenvalue weighted by Crippen LogP contribution is -2.49. The fourth-order valence-electron chi connectivity index (χ4n) is 2.95. The minimum atomic E-state index is -0.187. The van der Waals surface area contributed by atoms with E-state index in [2.05, 4.69) is 0 Å². The molecule has 2 rings (SSSR count). The van der Waals surface area contributed by atoms with Gasteiger partial charge in [-0.05, 0) is 25.7 Å². The molecule has 1 unspecified atom stereocenters. The lowest BCUT2D eigenvalue weighted by atomic mass is 9.83. The number of nitrogens with two attached hydrogens (primary N) is 1. The average Bonchev–Trinajstić information content (AvgIpc) is 2.58. The van der Waals surface area contributed by atoms with Crippen LogP contribution in [0.1, 0.15) is 39.0 Å². The standard InChI is InChI=1S/C13H20N2O2/c1-9-7-12(16)15(13(9)17)11(8-14)10-5-3-2-4-6-10/h7,10-11H,2-6,8,14H2,1H3. The minimum absolute atomic E-state index is 0.107. The van der Waals surface area contributed by atoms with Crippen LogP contribution in [-0.4, -0.2) is 29.3 Å². The van der Waals surface area contributed by atoms with Crippen molar-refractivity contribution >= 4 is 11.8 Å². The van der Waals surface area contributed by atoms with Gasteiger partial charge in [0.25, 0.3) is 11.8 Å². The van der Waals surface area contributed by atoms with Crippen molar-refractivity contribution in [2.75, 3.05) is 6.54 Å². The minimum Gasteiger partial charge on any atom is -0.328 e. The summed E-state index contributed by atoms with van der Waals surface area (Å²) >= 11 is 0. The van der Waals surface area contributed by atoms with E-state index >= 15 is 0 Å². The Balaban J connectivity index is 2.13. The topological polar surface area (TPSA) is 63.4 Å². The van der Waals surface area contributed by atoms with Gasteiger partial charge in [0.15, 0.2) is 0 Å². The Hall–Kier alpha value is -1.16. The Kier molecular flexibility index (Phi) is 3.62. The zero-order valence-electron chi connectivity index (χ0n) is 10.3. The highest BCUT2D eigenvalue weighted by atomic mass is 16.2. The Morgan fingerprint density at radius 2 is 2.00 bits per heavy atom. The molecular formula is C13H20N2O2. The van der Waals surface area contributed by atoms with Gasteiger partial charge in [0.05, 0.1) is 6.04 Å². The largest absolute Gasteiger partial charge is 0.328 e. The number of amides is 2. The first-order valence-electron chi connectivity index (χ1n) is 6.41. The summed E-state index contributed by atoms with van der Waals surface area (Å²) in [6.07, 6.45) is 7.21. The van der Waals surface area contributed by atoms with E-state index in [0.717, 1.165) is 12.8 Å². The number of carbonyl (C=O) groups is 2. The molecule has 0 bridgehead atoms. The smallest absolute Gasteiger partial charge is 0.256 e. The van der Waals surface area contributed by atoms with E-state index in [1.807, 2.05) is 0 Å². The summed E-state index contributed by atoms with van der Waals surface area (Å²) in [6.45, 7) is 2.07. The summed E-state index contributed by atoms with van der Waals surface area (Å²) in [5, 5.41) is 0. The Labute approximate surface area is 102 Å². The van der Waals surface area contributed by atoms with Crippen LogP contribution in [0.3, 0.4) is 0 Å². The maximum atomic E-state index is 11.9. The number of imide groups is 1. The molecule has 0 aromatic heterocycles. The van der Waals surface area contributed by atoms with Crippen LogP contribution in [0.4, 0.5) is 0 Å². The van der Waals surface area contributed by atoms with Gasteiger partial charge in [-0.3, -0.25) is 14.5 Å². The van der Waals surface area contributed by atoms with Crippen LogP contribution in [-0.2, 0) is 9.59 Å². The number of hydrogen-bond acceptors (Lipinski definition) is 3. The Morgan fingerprint density at radius 1 is 1.35 bits per heavy atom. The number of hydrogen-bond donors (Lipinski definition) is 1. The van der Waals surface area contributed by atoms with Crippen LogP contribution in [0.15, 0.2) is 11.6 Å². The van der Waals surface area contributed by atoms with Gasteiger partial charge in [0, 0.05) is 18.2 Å². The van der Waals surface area contributed by atoms with Crippen LogP contribution in [0.25, 0.3) is 0 Å². The van der Waals surface area contributed by atoms with Gasteiger partial charge in [-0.1, -0.05) is 19.3 Å². The fourth-order valence-corrected chi connectivity index (χ4v) is 2.95. The van der Waals surface area contributed by atoms with Crippen LogP contribution in [0.2, 0.25) is 0 Å². The van der Waals surface area contributed by atoms with Gasteiger partial charge in [0.1, 0.15) is 0 Å². The van der Waals surface area contributed by atoms with E-state index in [-0.39, 0.29) is 17.9 Å². The molecule has 94 valence electrons.